The van der Waals surface area contributed by atoms with Gasteiger partial charge in [-0.3, -0.25) is 0 Å². The molecule has 2 aromatic carbocycles. The number of hydrogen-bond acceptors (Lipinski definition) is 2. The topological polar surface area (TPSA) is 30.4 Å². The van der Waals surface area contributed by atoms with Gasteiger partial charge in [-0.25, -0.2) is 4.52 Å². The molecule has 24 heavy (non-hydrogen) atoms. The average molecular weight is 310 g/mol. The van der Waals surface area contributed by atoms with Gasteiger partial charge in [-0.2, -0.15) is 5.10 Å². The maximum atomic E-state index is 5.78. The summed E-state index contributed by atoms with van der Waals surface area (Å²) in [7, 11) is 0. The molecule has 0 unspecified atom stereocenters. The predicted octanol–water partition coefficient (Wildman–Crippen LogP) is 5.41. The van der Waals surface area contributed by atoms with Crippen molar-refractivity contribution < 1.29 is 4.42 Å². The quantitative estimate of drug-likeness (QED) is 0.436. The van der Waals surface area contributed by atoms with Crippen molar-refractivity contribution in [3.63, 3.8) is 0 Å². The number of aromatic nitrogens is 2. The van der Waals surface area contributed by atoms with Gasteiger partial charge in [0.2, 0.25) is 0 Å². The Balaban J connectivity index is 2.02. The minimum atomic E-state index is 0.867. The molecule has 5 rings (SSSR count). The largest absolute Gasteiger partial charge is 0.462 e. The van der Waals surface area contributed by atoms with Gasteiger partial charge in [0.1, 0.15) is 5.52 Å². The van der Waals surface area contributed by atoms with E-state index in [0.29, 0.717) is 0 Å². The van der Waals surface area contributed by atoms with E-state index in [-0.39, 0.29) is 0 Å². The second-order valence-electron chi connectivity index (χ2n) is 5.75. The molecule has 0 saturated carbocycles. The highest BCUT2D eigenvalue weighted by Crippen LogP contribution is 2.40. The van der Waals surface area contributed by atoms with E-state index in [4.69, 9.17) is 4.42 Å². The van der Waals surface area contributed by atoms with Crippen LogP contribution in [0, 0.1) is 0 Å². The number of rotatable bonds is 2. The van der Waals surface area contributed by atoms with Gasteiger partial charge < -0.3 is 4.42 Å². The minimum absolute atomic E-state index is 0.867. The van der Waals surface area contributed by atoms with Crippen molar-refractivity contribution in [2.24, 2.45) is 0 Å². The molecule has 3 heteroatoms. The lowest BCUT2D eigenvalue weighted by Gasteiger charge is -2.14. The predicted molar refractivity (Wildman–Crippen MR) is 95.8 cm³/mol. The molecular formula is C21H14N2O. The molecule has 0 N–H and O–H groups in total. The molecular weight excluding hydrogens is 296 g/mol. The van der Waals surface area contributed by atoms with Crippen LogP contribution in [0.5, 0.6) is 0 Å². The SMILES string of the molecule is c1ccc(-c2c(-c3ccccc3)n3nccc3c3occc23)cc1. The van der Waals surface area contributed by atoms with Crippen LogP contribution in [0.1, 0.15) is 0 Å². The molecule has 114 valence electrons. The lowest BCUT2D eigenvalue weighted by Crippen LogP contribution is -1.98. The van der Waals surface area contributed by atoms with Gasteiger partial charge in [0.15, 0.2) is 5.58 Å². The molecule has 0 fully saturated rings. The second kappa shape index (κ2) is 5.10. The Morgan fingerprint density at radius 3 is 2.21 bits per heavy atom. The van der Waals surface area contributed by atoms with Gasteiger partial charge in [-0.05, 0) is 17.7 Å². The Kier molecular flexibility index (Phi) is 2.79. The molecule has 0 bridgehead atoms. The van der Waals surface area contributed by atoms with Crippen LogP contribution in [0.3, 0.4) is 0 Å². The van der Waals surface area contributed by atoms with Crippen molar-refractivity contribution in [3.05, 3.63) is 85.3 Å². The first-order chi connectivity index (χ1) is 11.9. The third-order valence-corrected chi connectivity index (χ3v) is 4.37. The molecule has 3 aromatic heterocycles. The molecule has 0 atom stereocenters. The second-order valence-corrected chi connectivity index (χ2v) is 5.75. The number of pyridine rings is 1. The smallest absolute Gasteiger partial charge is 0.160 e. The number of furan rings is 1. The van der Waals surface area contributed by atoms with E-state index in [1.54, 1.807) is 6.26 Å². The van der Waals surface area contributed by atoms with E-state index in [1.165, 1.54) is 0 Å². The first-order valence-corrected chi connectivity index (χ1v) is 7.91. The van der Waals surface area contributed by atoms with Gasteiger partial charge in [0.05, 0.1) is 18.2 Å². The third-order valence-electron chi connectivity index (χ3n) is 4.37. The fourth-order valence-electron chi connectivity index (χ4n) is 3.35. The average Bonchev–Trinajstić information content (AvgIpc) is 3.30. The summed E-state index contributed by atoms with van der Waals surface area (Å²) in [5.74, 6) is 0. The Morgan fingerprint density at radius 1 is 0.750 bits per heavy atom. The fourth-order valence-corrected chi connectivity index (χ4v) is 3.35. The Hall–Kier alpha value is -3.33. The number of hydrogen-bond donors (Lipinski definition) is 0. The zero-order valence-corrected chi connectivity index (χ0v) is 12.9. The monoisotopic (exact) mass is 310 g/mol. The lowest BCUT2D eigenvalue weighted by molar-refractivity contribution is 0.617. The highest BCUT2D eigenvalue weighted by atomic mass is 16.3. The Labute approximate surface area is 138 Å². The van der Waals surface area contributed by atoms with Crippen LogP contribution in [0.2, 0.25) is 0 Å². The Morgan fingerprint density at radius 2 is 1.46 bits per heavy atom. The normalized spacial score (nSPS) is 11.3. The highest BCUT2D eigenvalue weighted by molar-refractivity contribution is 6.06. The lowest BCUT2D eigenvalue weighted by atomic mass is 9.96. The Bertz CT molecular complexity index is 1050. The van der Waals surface area contributed by atoms with Gasteiger partial charge in [0.25, 0.3) is 0 Å². The van der Waals surface area contributed by atoms with Crippen molar-refractivity contribution in [2.75, 3.05) is 0 Å². The molecule has 0 saturated heterocycles. The molecule has 5 aromatic rings. The molecule has 3 nitrogen and oxygen atoms in total. The summed E-state index contributed by atoms with van der Waals surface area (Å²) in [5, 5.41) is 5.67. The summed E-state index contributed by atoms with van der Waals surface area (Å²) in [6.45, 7) is 0. The molecule has 0 amide bonds. The van der Waals surface area contributed by atoms with Crippen LogP contribution < -0.4 is 0 Å². The van der Waals surface area contributed by atoms with Gasteiger partial charge in [-0.1, -0.05) is 60.7 Å². The zero-order valence-electron chi connectivity index (χ0n) is 12.9. The molecule has 0 aliphatic heterocycles. The maximum Gasteiger partial charge on any atom is 0.160 e. The summed E-state index contributed by atoms with van der Waals surface area (Å²) in [6, 6.07) is 24.8. The van der Waals surface area contributed by atoms with Crippen molar-refractivity contribution in [3.8, 4) is 22.4 Å². The summed E-state index contributed by atoms with van der Waals surface area (Å²) in [5.41, 5.74) is 6.35. The van der Waals surface area contributed by atoms with Gasteiger partial charge in [0, 0.05) is 16.5 Å². The van der Waals surface area contributed by atoms with Crippen molar-refractivity contribution >= 4 is 16.5 Å². The number of benzene rings is 2. The van der Waals surface area contributed by atoms with Crippen molar-refractivity contribution in [2.45, 2.75) is 0 Å². The van der Waals surface area contributed by atoms with Crippen molar-refractivity contribution in [1.29, 1.82) is 0 Å². The van der Waals surface area contributed by atoms with Gasteiger partial charge in [-0.15, -0.1) is 0 Å². The number of nitrogens with zero attached hydrogens (tertiary/aromatic N) is 2. The third kappa shape index (κ3) is 1.82. The summed E-state index contributed by atoms with van der Waals surface area (Å²) < 4.78 is 7.76. The fraction of sp³-hybridized carbons (Fsp3) is 0. The van der Waals surface area contributed by atoms with Crippen LogP contribution in [-0.2, 0) is 0 Å². The van der Waals surface area contributed by atoms with Crippen LogP contribution in [0.25, 0.3) is 38.9 Å². The van der Waals surface area contributed by atoms with E-state index in [2.05, 4.69) is 53.6 Å². The first-order valence-electron chi connectivity index (χ1n) is 7.91. The van der Waals surface area contributed by atoms with Crippen LogP contribution in [0.15, 0.2) is 89.7 Å². The molecule has 0 spiro atoms. The van der Waals surface area contributed by atoms with Crippen molar-refractivity contribution in [1.82, 2.24) is 9.61 Å². The zero-order chi connectivity index (χ0) is 15.9. The first kappa shape index (κ1) is 13.1. The minimum Gasteiger partial charge on any atom is -0.462 e. The van der Waals surface area contributed by atoms with Crippen LogP contribution in [0.4, 0.5) is 0 Å². The van der Waals surface area contributed by atoms with Gasteiger partial charge >= 0.3 is 0 Å². The number of fused-ring (bicyclic) bond motifs is 3. The van der Waals surface area contributed by atoms with E-state index in [0.717, 1.165) is 38.9 Å². The molecule has 3 heterocycles. The molecule has 0 radical (unpaired) electrons. The van der Waals surface area contributed by atoms with Crippen LogP contribution >= 0.6 is 0 Å². The molecule has 0 aliphatic rings. The van der Waals surface area contributed by atoms with E-state index in [9.17, 15) is 0 Å². The summed E-state index contributed by atoms with van der Waals surface area (Å²) in [4.78, 5) is 0. The van der Waals surface area contributed by atoms with E-state index >= 15 is 0 Å². The van der Waals surface area contributed by atoms with E-state index in [1.807, 2.05) is 35.0 Å². The standard InChI is InChI=1S/C21H14N2O/c1-3-7-15(8-4-1)19-17-12-14-24-21(17)18-11-13-22-23(18)20(19)16-9-5-2-6-10-16/h1-14H. The summed E-state index contributed by atoms with van der Waals surface area (Å²) >= 11 is 0. The summed E-state index contributed by atoms with van der Waals surface area (Å²) in [6.07, 6.45) is 3.57. The molecule has 0 aliphatic carbocycles. The highest BCUT2D eigenvalue weighted by Gasteiger charge is 2.19. The van der Waals surface area contributed by atoms with E-state index < -0.39 is 0 Å². The maximum absolute atomic E-state index is 5.78. The van der Waals surface area contributed by atoms with Crippen LogP contribution in [-0.4, -0.2) is 9.61 Å².